The number of carbonyl (C=O) groups is 1. The van der Waals surface area contributed by atoms with Crippen molar-refractivity contribution >= 4 is 5.91 Å². The molecule has 15 heavy (non-hydrogen) atoms. The lowest BCUT2D eigenvalue weighted by molar-refractivity contribution is -0.968. The Bertz CT molecular complexity index is 222. The SMILES string of the molecule is CC[N+](CC)(CC)C1(C(=O)NC)CCC1. The lowest BCUT2D eigenvalue weighted by Gasteiger charge is -2.55. The van der Waals surface area contributed by atoms with Gasteiger partial charge in [-0.15, -0.1) is 0 Å². The number of hydrogen-bond acceptors (Lipinski definition) is 1. The molecule has 0 aromatic carbocycles. The first kappa shape index (κ1) is 12.5. The molecule has 1 rings (SSSR count). The quantitative estimate of drug-likeness (QED) is 0.690. The van der Waals surface area contributed by atoms with Gasteiger partial charge in [-0.1, -0.05) is 0 Å². The molecule has 1 fully saturated rings. The maximum Gasteiger partial charge on any atom is 0.281 e. The molecule has 0 aromatic heterocycles. The summed E-state index contributed by atoms with van der Waals surface area (Å²) in [6.07, 6.45) is 3.32. The molecule has 0 radical (unpaired) electrons. The molecule has 1 N–H and O–H groups in total. The summed E-state index contributed by atoms with van der Waals surface area (Å²) in [5.41, 5.74) is -0.118. The summed E-state index contributed by atoms with van der Waals surface area (Å²) in [6.45, 7) is 9.78. The fourth-order valence-corrected chi connectivity index (χ4v) is 3.24. The van der Waals surface area contributed by atoms with Crippen molar-refractivity contribution < 1.29 is 9.28 Å². The predicted octanol–water partition coefficient (Wildman–Crippen LogP) is 1.53. The van der Waals surface area contributed by atoms with Gasteiger partial charge in [-0.05, 0) is 27.2 Å². The van der Waals surface area contributed by atoms with Gasteiger partial charge in [0.25, 0.3) is 5.91 Å². The van der Waals surface area contributed by atoms with Gasteiger partial charge in [-0.2, -0.15) is 0 Å². The molecule has 88 valence electrons. The summed E-state index contributed by atoms with van der Waals surface area (Å²) in [5, 5.41) is 2.86. The molecule has 0 aromatic rings. The number of quaternary nitrogens is 1. The Balaban J connectivity index is 3.01. The smallest absolute Gasteiger partial charge is 0.281 e. The van der Waals surface area contributed by atoms with Crippen molar-refractivity contribution in [2.24, 2.45) is 0 Å². The van der Waals surface area contributed by atoms with E-state index in [1.54, 1.807) is 7.05 Å². The van der Waals surface area contributed by atoms with Crippen LogP contribution >= 0.6 is 0 Å². The van der Waals surface area contributed by atoms with Crippen LogP contribution in [0.25, 0.3) is 0 Å². The normalized spacial score (nSPS) is 19.5. The Kier molecular flexibility index (Phi) is 3.77. The first-order chi connectivity index (χ1) is 7.12. The maximum absolute atomic E-state index is 12.1. The number of nitrogens with zero attached hydrogens (tertiary/aromatic N) is 1. The van der Waals surface area contributed by atoms with Gasteiger partial charge in [0.1, 0.15) is 0 Å². The van der Waals surface area contributed by atoms with Crippen LogP contribution in [-0.4, -0.2) is 42.6 Å². The van der Waals surface area contributed by atoms with Crippen LogP contribution in [0.3, 0.4) is 0 Å². The molecule has 3 nitrogen and oxygen atoms in total. The molecule has 1 saturated carbocycles. The van der Waals surface area contributed by atoms with E-state index in [1.807, 2.05) is 0 Å². The number of amides is 1. The Morgan fingerprint density at radius 2 is 1.67 bits per heavy atom. The Morgan fingerprint density at radius 3 is 1.87 bits per heavy atom. The molecule has 0 unspecified atom stereocenters. The molecule has 0 heterocycles. The fourth-order valence-electron chi connectivity index (χ4n) is 3.24. The molecule has 0 aliphatic heterocycles. The summed E-state index contributed by atoms with van der Waals surface area (Å²) in [7, 11) is 1.76. The molecule has 0 atom stereocenters. The lowest BCUT2D eigenvalue weighted by Crippen LogP contribution is -2.73. The van der Waals surface area contributed by atoms with Gasteiger partial charge in [0.15, 0.2) is 5.54 Å². The highest BCUT2D eigenvalue weighted by molar-refractivity contribution is 5.85. The fraction of sp³-hybridized carbons (Fsp3) is 0.917. The van der Waals surface area contributed by atoms with Crippen molar-refractivity contribution in [3.05, 3.63) is 0 Å². The average Bonchev–Trinajstić information content (AvgIpc) is 2.22. The monoisotopic (exact) mass is 213 g/mol. The number of likely N-dealkylation sites (N-methyl/N-ethyl adjacent to an activating group) is 2. The molecule has 0 saturated heterocycles. The van der Waals surface area contributed by atoms with Gasteiger partial charge in [0.2, 0.25) is 0 Å². The van der Waals surface area contributed by atoms with E-state index >= 15 is 0 Å². The Morgan fingerprint density at radius 1 is 1.20 bits per heavy atom. The maximum atomic E-state index is 12.1. The molecule has 1 aliphatic rings. The van der Waals surface area contributed by atoms with E-state index in [4.69, 9.17) is 0 Å². The second-order valence-electron chi connectivity index (χ2n) is 4.56. The van der Waals surface area contributed by atoms with Crippen molar-refractivity contribution in [2.75, 3.05) is 26.7 Å². The van der Waals surface area contributed by atoms with Gasteiger partial charge >= 0.3 is 0 Å². The van der Waals surface area contributed by atoms with Gasteiger partial charge in [-0.25, -0.2) is 0 Å². The lowest BCUT2D eigenvalue weighted by atomic mass is 9.72. The van der Waals surface area contributed by atoms with Crippen LogP contribution in [0.5, 0.6) is 0 Å². The van der Waals surface area contributed by atoms with Crippen LogP contribution in [0.1, 0.15) is 40.0 Å². The Hall–Kier alpha value is -0.570. The molecular weight excluding hydrogens is 188 g/mol. The molecule has 0 spiro atoms. The second kappa shape index (κ2) is 4.52. The van der Waals surface area contributed by atoms with E-state index in [2.05, 4.69) is 26.1 Å². The second-order valence-corrected chi connectivity index (χ2v) is 4.56. The third-order valence-corrected chi connectivity index (χ3v) is 4.55. The molecule has 1 aliphatic carbocycles. The minimum Gasteiger partial charge on any atom is -0.354 e. The zero-order chi connectivity index (χ0) is 11.5. The van der Waals surface area contributed by atoms with Crippen molar-refractivity contribution in [1.82, 2.24) is 5.32 Å². The first-order valence-electron chi connectivity index (χ1n) is 6.20. The number of nitrogens with one attached hydrogen (secondary N) is 1. The third-order valence-electron chi connectivity index (χ3n) is 4.55. The Labute approximate surface area is 93.4 Å². The van der Waals surface area contributed by atoms with E-state index in [9.17, 15) is 4.79 Å². The molecular formula is C12H25N2O+. The van der Waals surface area contributed by atoms with Crippen LogP contribution in [-0.2, 0) is 4.79 Å². The van der Waals surface area contributed by atoms with Crippen LogP contribution in [0, 0.1) is 0 Å². The highest BCUT2D eigenvalue weighted by Gasteiger charge is 2.57. The molecule has 3 heteroatoms. The summed E-state index contributed by atoms with van der Waals surface area (Å²) < 4.78 is 0.951. The van der Waals surface area contributed by atoms with Crippen LogP contribution in [0.15, 0.2) is 0 Å². The first-order valence-corrected chi connectivity index (χ1v) is 6.20. The van der Waals surface area contributed by atoms with Crippen LogP contribution in [0.2, 0.25) is 0 Å². The van der Waals surface area contributed by atoms with Gasteiger partial charge < -0.3 is 9.80 Å². The van der Waals surface area contributed by atoms with E-state index in [1.165, 1.54) is 6.42 Å². The van der Waals surface area contributed by atoms with Gasteiger partial charge in [0.05, 0.1) is 19.6 Å². The summed E-state index contributed by atoms with van der Waals surface area (Å²) in [4.78, 5) is 12.1. The van der Waals surface area contributed by atoms with E-state index < -0.39 is 0 Å². The predicted molar refractivity (Wildman–Crippen MR) is 62.5 cm³/mol. The summed E-state index contributed by atoms with van der Waals surface area (Å²) in [5.74, 6) is 0.249. The molecule has 1 amide bonds. The van der Waals surface area contributed by atoms with Crippen LogP contribution in [0.4, 0.5) is 0 Å². The van der Waals surface area contributed by atoms with E-state index in [0.29, 0.717) is 0 Å². The van der Waals surface area contributed by atoms with E-state index in [-0.39, 0.29) is 11.4 Å². The van der Waals surface area contributed by atoms with Crippen molar-refractivity contribution in [3.8, 4) is 0 Å². The number of carbonyl (C=O) groups excluding carboxylic acids is 1. The minimum atomic E-state index is -0.118. The standard InChI is InChI=1S/C12H24N2O/c1-5-14(6-2,7-3)12(9-8-10-12)11(15)13-4/h5-10H2,1-4H3/p+1. The highest BCUT2D eigenvalue weighted by atomic mass is 16.2. The van der Waals surface area contributed by atoms with Crippen LogP contribution < -0.4 is 5.32 Å². The topological polar surface area (TPSA) is 29.1 Å². The number of hydrogen-bond donors (Lipinski definition) is 1. The van der Waals surface area contributed by atoms with Gasteiger partial charge in [0, 0.05) is 19.9 Å². The highest BCUT2D eigenvalue weighted by Crippen LogP contribution is 2.43. The van der Waals surface area contributed by atoms with Gasteiger partial charge in [-0.3, -0.25) is 4.79 Å². The molecule has 0 bridgehead atoms. The zero-order valence-corrected chi connectivity index (χ0v) is 10.6. The summed E-state index contributed by atoms with van der Waals surface area (Å²) in [6, 6.07) is 0. The van der Waals surface area contributed by atoms with Crippen molar-refractivity contribution in [1.29, 1.82) is 0 Å². The van der Waals surface area contributed by atoms with Crippen molar-refractivity contribution in [2.45, 2.75) is 45.6 Å². The van der Waals surface area contributed by atoms with E-state index in [0.717, 1.165) is 37.0 Å². The zero-order valence-electron chi connectivity index (χ0n) is 10.6. The summed E-state index contributed by atoms with van der Waals surface area (Å²) >= 11 is 0. The number of rotatable bonds is 5. The van der Waals surface area contributed by atoms with Crippen molar-refractivity contribution in [3.63, 3.8) is 0 Å². The third kappa shape index (κ3) is 1.57. The minimum absolute atomic E-state index is 0.118. The average molecular weight is 213 g/mol. The largest absolute Gasteiger partial charge is 0.354 e.